The highest BCUT2D eigenvalue weighted by molar-refractivity contribution is 7.11. The van der Waals surface area contributed by atoms with Gasteiger partial charge in [0.2, 0.25) is 0 Å². The summed E-state index contributed by atoms with van der Waals surface area (Å²) < 4.78 is 5.10. The number of ether oxygens (including phenoxy) is 1. The number of hydrogen-bond acceptors (Lipinski definition) is 4. The van der Waals surface area contributed by atoms with Crippen molar-refractivity contribution in [2.75, 3.05) is 0 Å². The molecule has 0 bridgehead atoms. The largest absolute Gasteiger partial charge is 0.444 e. The fourth-order valence-electron chi connectivity index (χ4n) is 1.08. The van der Waals surface area contributed by atoms with Gasteiger partial charge in [-0.2, -0.15) is 0 Å². The van der Waals surface area contributed by atoms with Crippen LogP contribution in [-0.2, 0) is 17.9 Å². The molecule has 0 radical (unpaired) electrons. The van der Waals surface area contributed by atoms with E-state index in [0.29, 0.717) is 6.54 Å². The molecule has 1 rings (SSSR count). The molecule has 5 heteroatoms. The molecule has 0 aliphatic heterocycles. The van der Waals surface area contributed by atoms with E-state index in [0.717, 1.165) is 9.75 Å². The maximum Gasteiger partial charge on any atom is 0.407 e. The summed E-state index contributed by atoms with van der Waals surface area (Å²) in [6, 6.07) is 3.73. The highest BCUT2D eigenvalue weighted by Gasteiger charge is 2.15. The van der Waals surface area contributed by atoms with Gasteiger partial charge in [0, 0.05) is 9.75 Å². The van der Waals surface area contributed by atoms with Crippen molar-refractivity contribution in [2.24, 2.45) is 0 Å². The zero-order valence-corrected chi connectivity index (χ0v) is 10.6. The summed E-state index contributed by atoms with van der Waals surface area (Å²) >= 11 is 1.47. The Hall–Kier alpha value is -1.07. The Morgan fingerprint density at radius 3 is 2.56 bits per heavy atom. The van der Waals surface area contributed by atoms with Crippen LogP contribution in [0.25, 0.3) is 0 Å². The van der Waals surface area contributed by atoms with Gasteiger partial charge in [0.25, 0.3) is 0 Å². The van der Waals surface area contributed by atoms with Crippen LogP contribution in [0.15, 0.2) is 12.1 Å². The molecule has 0 unspecified atom stereocenters. The Bertz CT molecular complexity index is 354. The third-order valence-corrected chi connectivity index (χ3v) is 2.75. The van der Waals surface area contributed by atoms with E-state index in [4.69, 9.17) is 9.84 Å². The summed E-state index contributed by atoms with van der Waals surface area (Å²) in [5, 5.41) is 11.5. The lowest BCUT2D eigenvalue weighted by molar-refractivity contribution is 0.0524. The van der Waals surface area contributed by atoms with Crippen molar-refractivity contribution in [1.82, 2.24) is 5.32 Å². The van der Waals surface area contributed by atoms with Crippen LogP contribution in [0.1, 0.15) is 30.5 Å². The van der Waals surface area contributed by atoms with E-state index in [1.165, 1.54) is 11.3 Å². The average molecular weight is 243 g/mol. The standard InChI is InChI=1S/C11H17NO3S/c1-11(2,3)15-10(14)12-6-8-4-5-9(7-13)16-8/h4-5,13H,6-7H2,1-3H3,(H,12,14). The van der Waals surface area contributed by atoms with Crippen molar-refractivity contribution < 1.29 is 14.6 Å². The minimum atomic E-state index is -0.476. The zero-order chi connectivity index (χ0) is 12.2. The fourth-order valence-corrected chi connectivity index (χ4v) is 1.89. The summed E-state index contributed by atoms with van der Waals surface area (Å²) in [7, 11) is 0. The number of nitrogens with one attached hydrogen (secondary N) is 1. The van der Waals surface area contributed by atoms with Crippen molar-refractivity contribution in [1.29, 1.82) is 0 Å². The first kappa shape index (κ1) is 13.0. The molecule has 90 valence electrons. The quantitative estimate of drug-likeness (QED) is 0.856. The lowest BCUT2D eigenvalue weighted by Crippen LogP contribution is -2.31. The van der Waals surface area contributed by atoms with E-state index < -0.39 is 11.7 Å². The molecular formula is C11H17NO3S. The van der Waals surface area contributed by atoms with Gasteiger partial charge < -0.3 is 15.2 Å². The van der Waals surface area contributed by atoms with Gasteiger partial charge in [0.15, 0.2) is 0 Å². The Kier molecular flexibility index (Phi) is 4.32. The molecule has 0 atom stereocenters. The third kappa shape index (κ3) is 4.63. The Labute approximate surface area is 99.2 Å². The third-order valence-electron chi connectivity index (χ3n) is 1.68. The molecule has 1 aromatic heterocycles. The first-order valence-electron chi connectivity index (χ1n) is 5.06. The second kappa shape index (κ2) is 5.32. The van der Waals surface area contributed by atoms with Gasteiger partial charge >= 0.3 is 6.09 Å². The molecule has 1 heterocycles. The van der Waals surface area contributed by atoms with Gasteiger partial charge in [-0.15, -0.1) is 11.3 Å². The van der Waals surface area contributed by atoms with Crippen molar-refractivity contribution >= 4 is 17.4 Å². The Balaban J connectivity index is 2.37. The van der Waals surface area contributed by atoms with E-state index >= 15 is 0 Å². The number of carbonyl (C=O) groups excluding carboxylic acids is 1. The summed E-state index contributed by atoms with van der Waals surface area (Å²) in [6.45, 7) is 5.93. The minimum absolute atomic E-state index is 0.0388. The van der Waals surface area contributed by atoms with E-state index in [1.54, 1.807) is 0 Å². The average Bonchev–Trinajstić information content (AvgIpc) is 2.59. The Morgan fingerprint density at radius 2 is 2.06 bits per heavy atom. The normalized spacial score (nSPS) is 11.2. The van der Waals surface area contributed by atoms with Crippen LogP contribution in [-0.4, -0.2) is 16.8 Å². The van der Waals surface area contributed by atoms with Crippen LogP contribution < -0.4 is 5.32 Å². The van der Waals surface area contributed by atoms with Gasteiger partial charge in [0.05, 0.1) is 13.2 Å². The van der Waals surface area contributed by atoms with Crippen molar-refractivity contribution in [2.45, 2.75) is 39.5 Å². The van der Waals surface area contributed by atoms with Gasteiger partial charge in [-0.1, -0.05) is 0 Å². The predicted molar refractivity (Wildman–Crippen MR) is 63.3 cm³/mol. The highest BCUT2D eigenvalue weighted by Crippen LogP contribution is 2.16. The number of amides is 1. The number of aliphatic hydroxyl groups is 1. The van der Waals surface area contributed by atoms with Gasteiger partial charge in [-0.25, -0.2) is 4.79 Å². The molecule has 0 aliphatic carbocycles. The van der Waals surface area contributed by atoms with Gasteiger partial charge in [-0.3, -0.25) is 0 Å². The number of carbonyl (C=O) groups is 1. The molecule has 0 aromatic carbocycles. The van der Waals surface area contributed by atoms with E-state index in [1.807, 2.05) is 32.9 Å². The van der Waals surface area contributed by atoms with Crippen LogP contribution >= 0.6 is 11.3 Å². The number of aliphatic hydroxyl groups excluding tert-OH is 1. The number of rotatable bonds is 3. The molecule has 1 aromatic rings. The molecule has 0 fully saturated rings. The molecule has 4 nitrogen and oxygen atoms in total. The number of alkyl carbamates (subject to hydrolysis) is 1. The molecule has 2 N–H and O–H groups in total. The summed E-state index contributed by atoms with van der Waals surface area (Å²) in [5.74, 6) is 0. The summed E-state index contributed by atoms with van der Waals surface area (Å²) in [4.78, 5) is 13.2. The van der Waals surface area contributed by atoms with E-state index in [9.17, 15) is 4.79 Å². The van der Waals surface area contributed by atoms with Crippen molar-refractivity contribution in [3.05, 3.63) is 21.9 Å². The van der Waals surface area contributed by atoms with Crippen LogP contribution in [0.3, 0.4) is 0 Å². The number of thiophene rings is 1. The minimum Gasteiger partial charge on any atom is -0.444 e. The van der Waals surface area contributed by atoms with Crippen LogP contribution in [0.4, 0.5) is 4.79 Å². The smallest absolute Gasteiger partial charge is 0.407 e. The van der Waals surface area contributed by atoms with E-state index in [-0.39, 0.29) is 6.61 Å². The molecule has 0 saturated heterocycles. The SMILES string of the molecule is CC(C)(C)OC(=O)NCc1ccc(CO)s1. The first-order chi connectivity index (χ1) is 7.40. The summed E-state index contributed by atoms with van der Waals surface area (Å²) in [5.41, 5.74) is -0.476. The summed E-state index contributed by atoms with van der Waals surface area (Å²) in [6.07, 6.45) is -0.425. The Morgan fingerprint density at radius 1 is 1.44 bits per heavy atom. The topological polar surface area (TPSA) is 58.6 Å². The lowest BCUT2D eigenvalue weighted by Gasteiger charge is -2.19. The molecule has 0 spiro atoms. The molecule has 0 aliphatic rings. The molecular weight excluding hydrogens is 226 g/mol. The van der Waals surface area contributed by atoms with Gasteiger partial charge in [-0.05, 0) is 32.9 Å². The van der Waals surface area contributed by atoms with Crippen molar-refractivity contribution in [3.8, 4) is 0 Å². The van der Waals surface area contributed by atoms with Crippen LogP contribution in [0, 0.1) is 0 Å². The van der Waals surface area contributed by atoms with Crippen LogP contribution in [0.2, 0.25) is 0 Å². The van der Waals surface area contributed by atoms with Crippen LogP contribution in [0.5, 0.6) is 0 Å². The second-order valence-corrected chi connectivity index (χ2v) is 5.63. The van der Waals surface area contributed by atoms with Gasteiger partial charge in [0.1, 0.15) is 5.60 Å². The maximum absolute atomic E-state index is 11.3. The second-order valence-electron chi connectivity index (χ2n) is 4.38. The first-order valence-corrected chi connectivity index (χ1v) is 5.87. The molecule has 1 amide bonds. The zero-order valence-electron chi connectivity index (χ0n) is 9.74. The highest BCUT2D eigenvalue weighted by atomic mass is 32.1. The lowest BCUT2D eigenvalue weighted by atomic mass is 10.2. The fraction of sp³-hybridized carbons (Fsp3) is 0.545. The predicted octanol–water partition coefficient (Wildman–Crippen LogP) is 2.27. The monoisotopic (exact) mass is 243 g/mol. The van der Waals surface area contributed by atoms with E-state index in [2.05, 4.69) is 5.32 Å². The number of hydrogen-bond donors (Lipinski definition) is 2. The molecule has 0 saturated carbocycles. The molecule has 16 heavy (non-hydrogen) atoms. The maximum atomic E-state index is 11.3. The van der Waals surface area contributed by atoms with Crippen molar-refractivity contribution in [3.63, 3.8) is 0 Å².